The number of alkyl halides is 2. The molecule has 30 heavy (non-hydrogen) atoms. The molecule has 1 saturated heterocycles. The second-order valence-electron chi connectivity index (χ2n) is 6.74. The van der Waals surface area contributed by atoms with Crippen LogP contribution < -0.4 is 20.1 Å². The molecule has 0 radical (unpaired) electrons. The van der Waals surface area contributed by atoms with Gasteiger partial charge in [0.25, 0.3) is 5.91 Å². The van der Waals surface area contributed by atoms with Gasteiger partial charge in [-0.2, -0.15) is 8.78 Å². The van der Waals surface area contributed by atoms with Crippen molar-refractivity contribution in [1.82, 2.24) is 15.4 Å². The van der Waals surface area contributed by atoms with E-state index in [0.29, 0.717) is 37.3 Å². The first kappa shape index (κ1) is 21.3. The summed E-state index contributed by atoms with van der Waals surface area (Å²) in [5, 5.41) is 9.20. The highest BCUT2D eigenvalue weighted by Crippen LogP contribution is 2.31. The summed E-state index contributed by atoms with van der Waals surface area (Å²) >= 11 is 0. The molecule has 0 saturated carbocycles. The van der Waals surface area contributed by atoms with E-state index >= 15 is 0 Å². The zero-order valence-corrected chi connectivity index (χ0v) is 16.5. The molecule has 1 aromatic heterocycles. The van der Waals surface area contributed by atoms with Crippen molar-refractivity contribution in [3.8, 4) is 11.5 Å². The van der Waals surface area contributed by atoms with Gasteiger partial charge in [-0.15, -0.1) is 0 Å². The van der Waals surface area contributed by atoms with E-state index in [1.165, 1.54) is 25.3 Å². The minimum atomic E-state index is -3.01. The van der Waals surface area contributed by atoms with Crippen LogP contribution in [0.2, 0.25) is 0 Å². The Morgan fingerprint density at radius 2 is 1.97 bits per heavy atom. The zero-order valence-electron chi connectivity index (χ0n) is 16.5. The van der Waals surface area contributed by atoms with Gasteiger partial charge in [-0.25, -0.2) is 4.79 Å². The first-order valence-corrected chi connectivity index (χ1v) is 9.28. The van der Waals surface area contributed by atoms with Gasteiger partial charge in [0.05, 0.1) is 12.8 Å². The first-order valence-electron chi connectivity index (χ1n) is 9.28. The Kier molecular flexibility index (Phi) is 6.70. The summed E-state index contributed by atoms with van der Waals surface area (Å²) in [4.78, 5) is 26.2. The SMILES string of the molecule is COc1ccc(NC(=O)N2CCC(NC(=O)c3cc(C)no3)CC2)cc1OC(F)F. The number of benzene rings is 1. The van der Waals surface area contributed by atoms with Crippen LogP contribution in [0.3, 0.4) is 0 Å². The van der Waals surface area contributed by atoms with Crippen molar-refractivity contribution < 1.29 is 32.4 Å². The van der Waals surface area contributed by atoms with Crippen LogP contribution >= 0.6 is 0 Å². The van der Waals surface area contributed by atoms with Gasteiger partial charge in [0.15, 0.2) is 11.5 Å². The molecule has 0 atom stereocenters. The number of carbonyl (C=O) groups excluding carboxylic acids is 2. The van der Waals surface area contributed by atoms with E-state index in [-0.39, 0.29) is 35.2 Å². The van der Waals surface area contributed by atoms with Crippen molar-refractivity contribution in [3.63, 3.8) is 0 Å². The lowest BCUT2D eigenvalue weighted by Crippen LogP contribution is -2.47. The molecule has 1 aromatic carbocycles. The van der Waals surface area contributed by atoms with Crippen LogP contribution in [-0.2, 0) is 0 Å². The lowest BCUT2D eigenvalue weighted by atomic mass is 10.1. The highest BCUT2D eigenvalue weighted by atomic mass is 19.3. The predicted octanol–water partition coefficient (Wildman–Crippen LogP) is 3.02. The van der Waals surface area contributed by atoms with Gasteiger partial charge >= 0.3 is 12.6 Å². The second kappa shape index (κ2) is 9.42. The minimum absolute atomic E-state index is 0.0982. The van der Waals surface area contributed by atoms with Crippen molar-refractivity contribution in [1.29, 1.82) is 0 Å². The molecule has 1 aliphatic rings. The third kappa shape index (κ3) is 5.37. The molecular weight excluding hydrogens is 402 g/mol. The smallest absolute Gasteiger partial charge is 0.387 e. The Labute approximate surface area is 171 Å². The van der Waals surface area contributed by atoms with Crippen LogP contribution in [0.4, 0.5) is 19.3 Å². The summed E-state index contributed by atoms with van der Waals surface area (Å²) in [5.41, 5.74) is 0.917. The van der Waals surface area contributed by atoms with Crippen molar-refractivity contribution in [2.45, 2.75) is 32.4 Å². The Morgan fingerprint density at radius 1 is 1.23 bits per heavy atom. The molecule has 3 amide bonds. The summed E-state index contributed by atoms with van der Waals surface area (Å²) < 4.78 is 39.4. The van der Waals surface area contributed by atoms with Crippen molar-refractivity contribution >= 4 is 17.6 Å². The van der Waals surface area contributed by atoms with Crippen LogP contribution in [0.15, 0.2) is 28.8 Å². The molecule has 3 rings (SSSR count). The number of urea groups is 1. The van der Waals surface area contributed by atoms with Crippen molar-refractivity contribution in [2.75, 3.05) is 25.5 Å². The number of methoxy groups -OCH3 is 1. The number of anilines is 1. The quantitative estimate of drug-likeness (QED) is 0.739. The van der Waals surface area contributed by atoms with Crippen molar-refractivity contribution in [2.24, 2.45) is 0 Å². The number of aryl methyl sites for hydroxylation is 1. The molecule has 2 heterocycles. The number of piperidine rings is 1. The third-order valence-electron chi connectivity index (χ3n) is 4.60. The lowest BCUT2D eigenvalue weighted by Gasteiger charge is -2.32. The fourth-order valence-corrected chi connectivity index (χ4v) is 3.10. The number of likely N-dealkylation sites (tertiary alicyclic amines) is 1. The Bertz CT molecular complexity index is 897. The third-order valence-corrected chi connectivity index (χ3v) is 4.60. The van der Waals surface area contributed by atoms with Crippen LogP contribution in [0, 0.1) is 6.92 Å². The summed E-state index contributed by atoms with van der Waals surface area (Å²) in [6.45, 7) is -0.450. The number of hydrogen-bond donors (Lipinski definition) is 2. The molecule has 0 bridgehead atoms. The van der Waals surface area contributed by atoms with Gasteiger partial charge in [0.1, 0.15) is 0 Å². The number of halogens is 2. The molecule has 2 N–H and O–H groups in total. The van der Waals surface area contributed by atoms with Crippen LogP contribution in [-0.4, -0.2) is 54.8 Å². The highest BCUT2D eigenvalue weighted by Gasteiger charge is 2.25. The Balaban J connectivity index is 1.52. The van der Waals surface area contributed by atoms with E-state index < -0.39 is 6.61 Å². The largest absolute Gasteiger partial charge is 0.493 e. The lowest BCUT2D eigenvalue weighted by molar-refractivity contribution is -0.0511. The van der Waals surface area contributed by atoms with Gasteiger partial charge in [0.2, 0.25) is 5.76 Å². The minimum Gasteiger partial charge on any atom is -0.493 e. The number of hydrogen-bond acceptors (Lipinski definition) is 6. The maximum absolute atomic E-state index is 12.5. The van der Waals surface area contributed by atoms with Gasteiger partial charge < -0.3 is 29.5 Å². The van der Waals surface area contributed by atoms with Gasteiger partial charge in [-0.05, 0) is 31.9 Å². The van der Waals surface area contributed by atoms with Gasteiger partial charge in [-0.1, -0.05) is 5.16 Å². The summed E-state index contributed by atoms with van der Waals surface area (Å²) in [6.07, 6.45) is 1.13. The molecule has 0 unspecified atom stereocenters. The summed E-state index contributed by atoms with van der Waals surface area (Å²) in [5.74, 6) is -0.238. The molecule has 11 heteroatoms. The van der Waals surface area contributed by atoms with E-state index in [1.54, 1.807) is 17.9 Å². The molecule has 1 aliphatic heterocycles. The Hall–Kier alpha value is -3.37. The maximum atomic E-state index is 12.5. The van der Waals surface area contributed by atoms with Crippen molar-refractivity contribution in [3.05, 3.63) is 35.7 Å². The fraction of sp³-hybridized carbons (Fsp3) is 0.421. The molecule has 1 fully saturated rings. The summed E-state index contributed by atoms with van der Waals surface area (Å²) in [7, 11) is 1.33. The normalized spacial score (nSPS) is 14.5. The average Bonchev–Trinajstić information content (AvgIpc) is 3.15. The van der Waals surface area contributed by atoms with E-state index in [9.17, 15) is 18.4 Å². The maximum Gasteiger partial charge on any atom is 0.387 e. The predicted molar refractivity (Wildman–Crippen MR) is 102 cm³/mol. The highest BCUT2D eigenvalue weighted by molar-refractivity contribution is 5.92. The number of amides is 3. The number of ether oxygens (including phenoxy) is 2. The molecule has 2 aromatic rings. The number of aromatic nitrogens is 1. The van der Waals surface area contributed by atoms with Crippen LogP contribution in [0.25, 0.3) is 0 Å². The molecule has 9 nitrogen and oxygen atoms in total. The number of rotatable bonds is 6. The van der Waals surface area contributed by atoms with Gasteiger partial charge in [-0.3, -0.25) is 4.79 Å². The van der Waals surface area contributed by atoms with Gasteiger partial charge in [0, 0.05) is 37.0 Å². The monoisotopic (exact) mass is 424 g/mol. The van der Waals surface area contributed by atoms with E-state index in [2.05, 4.69) is 20.5 Å². The molecular formula is C19H22F2N4O5. The molecule has 0 spiro atoms. The average molecular weight is 424 g/mol. The fourth-order valence-electron chi connectivity index (χ4n) is 3.10. The second-order valence-corrected chi connectivity index (χ2v) is 6.74. The Morgan fingerprint density at radius 3 is 2.57 bits per heavy atom. The summed E-state index contributed by atoms with van der Waals surface area (Å²) in [6, 6.07) is 5.31. The van der Waals surface area contributed by atoms with E-state index in [0.717, 1.165) is 0 Å². The van der Waals surface area contributed by atoms with Crippen LogP contribution in [0.5, 0.6) is 11.5 Å². The topological polar surface area (TPSA) is 106 Å². The van der Waals surface area contributed by atoms with Crippen LogP contribution in [0.1, 0.15) is 29.1 Å². The molecule has 0 aliphatic carbocycles. The number of nitrogens with one attached hydrogen (secondary N) is 2. The molecule has 162 valence electrons. The number of carbonyl (C=O) groups is 2. The first-order chi connectivity index (χ1) is 14.4. The van der Waals surface area contributed by atoms with E-state index in [4.69, 9.17) is 9.26 Å². The van der Waals surface area contributed by atoms with E-state index in [1.807, 2.05) is 0 Å². The number of nitrogens with zero attached hydrogens (tertiary/aromatic N) is 2. The standard InChI is InChI=1S/C19H22F2N4O5/c1-11-9-16(30-24-11)17(26)22-12-5-7-25(8-6-12)19(27)23-13-3-4-14(28-2)15(10-13)29-18(20)21/h3-4,9-10,12,18H,5-8H2,1-2H3,(H,22,26)(H,23,27). The zero-order chi connectivity index (χ0) is 21.7.